The van der Waals surface area contributed by atoms with E-state index in [0.717, 1.165) is 11.1 Å². The Morgan fingerprint density at radius 3 is 2.92 bits per heavy atom. The first-order chi connectivity index (χ1) is 6.15. The standard InChI is InChI=1S/C9H13FN2O/c1-6-4-9(10)12-5-7(6)8(11)2-3-13/h4-5,8,13H,2-3,11H2,1H3. The van der Waals surface area contributed by atoms with Gasteiger partial charge in [-0.3, -0.25) is 0 Å². The van der Waals surface area contributed by atoms with Crippen LogP contribution in [0.4, 0.5) is 4.39 Å². The predicted octanol–water partition coefficient (Wildman–Crippen LogP) is 0.911. The lowest BCUT2D eigenvalue weighted by molar-refractivity contribution is 0.276. The second kappa shape index (κ2) is 4.30. The quantitative estimate of drug-likeness (QED) is 0.686. The number of aliphatic hydroxyl groups is 1. The minimum absolute atomic E-state index is 0.0258. The molecule has 13 heavy (non-hydrogen) atoms. The fraction of sp³-hybridized carbons (Fsp3) is 0.444. The van der Waals surface area contributed by atoms with Crippen LogP contribution in [0.3, 0.4) is 0 Å². The summed E-state index contributed by atoms with van der Waals surface area (Å²) in [6.45, 7) is 1.80. The third kappa shape index (κ3) is 2.47. The zero-order chi connectivity index (χ0) is 9.84. The lowest BCUT2D eigenvalue weighted by Gasteiger charge is -2.12. The van der Waals surface area contributed by atoms with E-state index in [-0.39, 0.29) is 12.6 Å². The van der Waals surface area contributed by atoms with E-state index in [1.165, 1.54) is 12.3 Å². The van der Waals surface area contributed by atoms with Crippen molar-refractivity contribution < 1.29 is 9.50 Å². The first-order valence-electron chi connectivity index (χ1n) is 4.13. The molecule has 0 aromatic carbocycles. The van der Waals surface area contributed by atoms with Crippen LogP contribution in [0.25, 0.3) is 0 Å². The van der Waals surface area contributed by atoms with Gasteiger partial charge in [0.15, 0.2) is 0 Å². The highest BCUT2D eigenvalue weighted by Gasteiger charge is 2.09. The Hall–Kier alpha value is -1.00. The van der Waals surface area contributed by atoms with Crippen LogP contribution in [-0.4, -0.2) is 16.7 Å². The molecule has 1 heterocycles. The third-order valence-corrected chi connectivity index (χ3v) is 1.96. The van der Waals surface area contributed by atoms with Crippen LogP contribution in [0.5, 0.6) is 0 Å². The van der Waals surface area contributed by atoms with Crippen LogP contribution in [-0.2, 0) is 0 Å². The van der Waals surface area contributed by atoms with Crippen LogP contribution < -0.4 is 5.73 Å². The summed E-state index contributed by atoms with van der Waals surface area (Å²) in [5.74, 6) is -0.502. The van der Waals surface area contributed by atoms with Crippen LogP contribution in [0.2, 0.25) is 0 Å². The van der Waals surface area contributed by atoms with E-state index in [1.807, 2.05) is 0 Å². The molecule has 0 bridgehead atoms. The average molecular weight is 184 g/mol. The first kappa shape index (κ1) is 10.1. The van der Waals surface area contributed by atoms with Gasteiger partial charge in [0.1, 0.15) is 0 Å². The number of aliphatic hydroxyl groups excluding tert-OH is 1. The Balaban J connectivity index is 2.88. The van der Waals surface area contributed by atoms with Crippen molar-refractivity contribution in [2.45, 2.75) is 19.4 Å². The molecule has 0 fully saturated rings. The van der Waals surface area contributed by atoms with E-state index in [0.29, 0.717) is 6.42 Å². The van der Waals surface area contributed by atoms with Gasteiger partial charge in [0.05, 0.1) is 0 Å². The first-order valence-corrected chi connectivity index (χ1v) is 4.13. The van der Waals surface area contributed by atoms with Gasteiger partial charge < -0.3 is 10.8 Å². The molecule has 0 aliphatic carbocycles. The molecule has 0 spiro atoms. The Labute approximate surface area is 76.4 Å². The number of aromatic nitrogens is 1. The summed E-state index contributed by atoms with van der Waals surface area (Å²) in [6.07, 6.45) is 1.89. The minimum Gasteiger partial charge on any atom is -0.396 e. The Bertz CT molecular complexity index is 291. The molecule has 1 rings (SSSR count). The maximum atomic E-state index is 12.6. The van der Waals surface area contributed by atoms with Gasteiger partial charge in [0.25, 0.3) is 0 Å². The van der Waals surface area contributed by atoms with Gasteiger partial charge in [-0.25, -0.2) is 4.98 Å². The Kier molecular flexibility index (Phi) is 3.33. The van der Waals surface area contributed by atoms with Crippen molar-refractivity contribution in [1.29, 1.82) is 0 Å². The van der Waals surface area contributed by atoms with Crippen LogP contribution >= 0.6 is 0 Å². The van der Waals surface area contributed by atoms with Gasteiger partial charge in [-0.2, -0.15) is 4.39 Å². The van der Waals surface area contributed by atoms with Crippen molar-refractivity contribution in [1.82, 2.24) is 4.98 Å². The molecular formula is C9H13FN2O. The lowest BCUT2D eigenvalue weighted by atomic mass is 10.0. The zero-order valence-corrected chi connectivity index (χ0v) is 7.50. The Morgan fingerprint density at radius 1 is 1.69 bits per heavy atom. The van der Waals surface area contributed by atoms with Crippen LogP contribution in [0, 0.1) is 12.9 Å². The Morgan fingerprint density at radius 2 is 2.38 bits per heavy atom. The van der Waals surface area contributed by atoms with E-state index >= 15 is 0 Å². The number of aryl methyl sites for hydroxylation is 1. The maximum absolute atomic E-state index is 12.6. The van der Waals surface area contributed by atoms with Crippen LogP contribution in [0.15, 0.2) is 12.3 Å². The normalized spacial score (nSPS) is 12.9. The second-order valence-electron chi connectivity index (χ2n) is 2.98. The molecule has 0 amide bonds. The molecule has 0 saturated heterocycles. The summed E-state index contributed by atoms with van der Waals surface area (Å²) >= 11 is 0. The number of hydrogen-bond donors (Lipinski definition) is 2. The molecule has 72 valence electrons. The number of pyridine rings is 1. The van der Waals surface area contributed by atoms with E-state index in [2.05, 4.69) is 4.98 Å². The minimum atomic E-state index is -0.502. The molecule has 1 aromatic heterocycles. The van der Waals surface area contributed by atoms with E-state index in [4.69, 9.17) is 10.8 Å². The molecule has 0 aliphatic rings. The summed E-state index contributed by atoms with van der Waals surface area (Å²) in [4.78, 5) is 3.51. The fourth-order valence-corrected chi connectivity index (χ4v) is 1.22. The fourth-order valence-electron chi connectivity index (χ4n) is 1.22. The van der Waals surface area contributed by atoms with Gasteiger partial charge in [-0.15, -0.1) is 0 Å². The molecule has 0 radical (unpaired) electrons. The largest absolute Gasteiger partial charge is 0.396 e. The lowest BCUT2D eigenvalue weighted by Crippen LogP contribution is -2.13. The maximum Gasteiger partial charge on any atom is 0.213 e. The van der Waals surface area contributed by atoms with Gasteiger partial charge >= 0.3 is 0 Å². The van der Waals surface area contributed by atoms with E-state index in [9.17, 15) is 4.39 Å². The smallest absolute Gasteiger partial charge is 0.213 e. The summed E-state index contributed by atoms with van der Waals surface area (Å²) in [6, 6.07) is 1.07. The van der Waals surface area contributed by atoms with E-state index < -0.39 is 5.95 Å². The molecule has 1 unspecified atom stereocenters. The SMILES string of the molecule is Cc1cc(F)ncc1C(N)CCO. The predicted molar refractivity (Wildman–Crippen MR) is 47.6 cm³/mol. The molecule has 4 heteroatoms. The highest BCUT2D eigenvalue weighted by molar-refractivity contribution is 5.25. The van der Waals surface area contributed by atoms with Crippen molar-refractivity contribution in [3.8, 4) is 0 Å². The number of nitrogens with two attached hydrogens (primary N) is 1. The van der Waals surface area contributed by atoms with E-state index in [1.54, 1.807) is 6.92 Å². The van der Waals surface area contributed by atoms with Crippen molar-refractivity contribution in [3.63, 3.8) is 0 Å². The van der Waals surface area contributed by atoms with Gasteiger partial charge in [-0.1, -0.05) is 0 Å². The zero-order valence-electron chi connectivity index (χ0n) is 7.50. The summed E-state index contributed by atoms with van der Waals surface area (Å²) in [7, 11) is 0. The second-order valence-corrected chi connectivity index (χ2v) is 2.98. The van der Waals surface area contributed by atoms with Gasteiger partial charge in [0.2, 0.25) is 5.95 Å². The molecule has 3 nitrogen and oxygen atoms in total. The number of halogens is 1. The highest BCUT2D eigenvalue weighted by atomic mass is 19.1. The van der Waals surface area contributed by atoms with Gasteiger partial charge in [-0.05, 0) is 30.5 Å². The third-order valence-electron chi connectivity index (χ3n) is 1.96. The molecule has 3 N–H and O–H groups in total. The topological polar surface area (TPSA) is 59.1 Å². The number of rotatable bonds is 3. The highest BCUT2D eigenvalue weighted by Crippen LogP contribution is 2.17. The van der Waals surface area contributed by atoms with Gasteiger partial charge in [0, 0.05) is 18.8 Å². The van der Waals surface area contributed by atoms with Crippen molar-refractivity contribution in [3.05, 3.63) is 29.3 Å². The molecule has 0 aliphatic heterocycles. The molecule has 0 saturated carbocycles. The number of nitrogens with zero attached hydrogens (tertiary/aromatic N) is 1. The van der Waals surface area contributed by atoms with Crippen molar-refractivity contribution in [2.24, 2.45) is 5.73 Å². The summed E-state index contributed by atoms with van der Waals surface area (Å²) in [5.41, 5.74) is 7.29. The van der Waals surface area contributed by atoms with Crippen LogP contribution in [0.1, 0.15) is 23.6 Å². The van der Waals surface area contributed by atoms with Crippen molar-refractivity contribution in [2.75, 3.05) is 6.61 Å². The number of hydrogen-bond acceptors (Lipinski definition) is 3. The molecule has 1 aromatic rings. The summed E-state index contributed by atoms with van der Waals surface area (Å²) in [5, 5.41) is 8.67. The average Bonchev–Trinajstić information content (AvgIpc) is 2.04. The molecular weight excluding hydrogens is 171 g/mol. The molecule has 1 atom stereocenters. The summed E-state index contributed by atoms with van der Waals surface area (Å²) < 4.78 is 12.6. The van der Waals surface area contributed by atoms with Crippen molar-refractivity contribution >= 4 is 0 Å². The monoisotopic (exact) mass is 184 g/mol.